The highest BCUT2D eigenvalue weighted by atomic mass is 32.2. The molecule has 0 rings (SSSR count). The van der Waals surface area contributed by atoms with Crippen molar-refractivity contribution in [3.05, 3.63) is 0 Å². The Labute approximate surface area is 645 Å². The van der Waals surface area contributed by atoms with Crippen LogP contribution in [0, 0.1) is 0 Å². The second-order valence-corrected chi connectivity index (χ2v) is 31.5. The van der Waals surface area contributed by atoms with Gasteiger partial charge < -0.3 is 76.3 Å². The number of nitrogens with two attached hydrogens (primary N) is 5. The van der Waals surface area contributed by atoms with Gasteiger partial charge in [-0.05, 0) is 122 Å². The van der Waals surface area contributed by atoms with Gasteiger partial charge >= 0.3 is 0 Å². The fraction of sp³-hybridized carbons (Fsp3) is 0.889. The van der Waals surface area contributed by atoms with E-state index in [1.807, 2.05) is 0 Å². The second kappa shape index (κ2) is 73.0. The molecule has 0 aliphatic carbocycles. The van der Waals surface area contributed by atoms with Gasteiger partial charge in [0.05, 0.1) is 18.1 Å². The zero-order chi connectivity index (χ0) is 78.3. The molecule has 0 aliphatic rings. The van der Waals surface area contributed by atoms with Gasteiger partial charge in [-0.15, -0.1) is 0 Å². The van der Waals surface area contributed by atoms with Crippen molar-refractivity contribution in [3.8, 4) is 0 Å². The van der Waals surface area contributed by atoms with Crippen LogP contribution >= 0.6 is 0 Å². The van der Waals surface area contributed by atoms with Gasteiger partial charge in [0.15, 0.2) is 0 Å². The lowest BCUT2D eigenvalue weighted by molar-refractivity contribution is -0.136. The lowest BCUT2D eigenvalue weighted by atomic mass is 10.0. The average Bonchev–Trinajstić information content (AvgIpc) is 0.861. The van der Waals surface area contributed by atoms with Gasteiger partial charge in [0, 0.05) is 30.2 Å². The van der Waals surface area contributed by atoms with Gasteiger partial charge in [0.25, 0.3) is 0 Å². The van der Waals surface area contributed by atoms with E-state index < -0.39 is 113 Å². The van der Waals surface area contributed by atoms with Crippen molar-refractivity contribution in [2.45, 2.75) is 410 Å². The van der Waals surface area contributed by atoms with E-state index in [1.165, 1.54) is 161 Å². The predicted octanol–water partition coefficient (Wildman–Crippen LogP) is 10.7. The highest BCUT2D eigenvalue weighted by Crippen LogP contribution is 2.18. The van der Waals surface area contributed by atoms with E-state index in [0.29, 0.717) is 83.8 Å². The van der Waals surface area contributed by atoms with Crippen molar-refractivity contribution in [1.82, 2.24) is 42.5 Å². The molecule has 0 fully saturated rings. The third-order valence-electron chi connectivity index (χ3n) is 20.0. The van der Waals surface area contributed by atoms with Crippen molar-refractivity contribution in [3.63, 3.8) is 0 Å². The molecule has 1 unspecified atom stereocenters. The Balaban J connectivity index is 6.75. The summed E-state index contributed by atoms with van der Waals surface area (Å²) < 4.78 is 14.5. The summed E-state index contributed by atoms with van der Waals surface area (Å²) in [5.74, 6) is -7.12. The molecular formula is C81H159N13O11S. The van der Waals surface area contributed by atoms with E-state index >= 15 is 0 Å². The van der Waals surface area contributed by atoms with Gasteiger partial charge in [-0.1, -0.05) is 258 Å². The van der Waals surface area contributed by atoms with E-state index in [-0.39, 0.29) is 63.3 Å². The van der Waals surface area contributed by atoms with Crippen LogP contribution in [-0.4, -0.2) is 156 Å². The van der Waals surface area contributed by atoms with E-state index in [4.69, 9.17) is 28.7 Å². The molecule has 8 atom stereocenters. The Morgan fingerprint density at radius 3 is 0.802 bits per heavy atom. The number of unbranched alkanes of at least 4 members (excludes halogenated alkanes) is 41. The zero-order valence-electron chi connectivity index (χ0n) is 67.2. The Hall–Kier alpha value is -4.82. The van der Waals surface area contributed by atoms with Gasteiger partial charge in [0.1, 0.15) is 42.3 Å². The summed E-state index contributed by atoms with van der Waals surface area (Å²) in [7, 11) is -2.05. The summed E-state index contributed by atoms with van der Waals surface area (Å²) in [6.45, 7) is 7.32. The first-order valence-corrected chi connectivity index (χ1v) is 44.4. The quantitative estimate of drug-likeness (QED) is 0.0252. The summed E-state index contributed by atoms with van der Waals surface area (Å²) >= 11 is 0. The Morgan fingerprint density at radius 2 is 0.519 bits per heavy atom. The van der Waals surface area contributed by atoms with Crippen LogP contribution in [0.4, 0.5) is 0 Å². The molecule has 0 radical (unpaired) electrons. The van der Waals surface area contributed by atoms with Gasteiger partial charge in [-0.3, -0.25) is 47.4 Å². The van der Waals surface area contributed by atoms with Crippen molar-refractivity contribution in [2.75, 3.05) is 50.8 Å². The third kappa shape index (κ3) is 58.2. The summed E-state index contributed by atoms with van der Waals surface area (Å²) in [5.41, 5.74) is 28.8. The van der Waals surface area contributed by atoms with Crippen LogP contribution in [-0.2, 0) is 54.0 Å². The molecule has 9 amide bonds. The molecule has 0 saturated heterocycles. The van der Waals surface area contributed by atoms with Gasteiger partial charge in [-0.2, -0.15) is 0 Å². The number of aliphatic hydroxyl groups is 1. The van der Waals surface area contributed by atoms with Crippen LogP contribution in [0.2, 0.25) is 0 Å². The molecule has 0 bridgehead atoms. The predicted molar refractivity (Wildman–Crippen MR) is 433 cm³/mol. The van der Waals surface area contributed by atoms with Crippen LogP contribution in [0.15, 0.2) is 0 Å². The summed E-state index contributed by atoms with van der Waals surface area (Å²) in [6, 6.07) is -9.23. The van der Waals surface area contributed by atoms with Crippen molar-refractivity contribution < 1.29 is 52.5 Å². The summed E-state index contributed by atoms with van der Waals surface area (Å²) in [5, 5.41) is 32.7. The molecule has 25 heteroatoms. The number of carbonyl (C=O) groups excluding carboxylic acids is 9. The number of hydrogen-bond acceptors (Lipinski definition) is 15. The number of aliphatic hydroxyl groups excluding tert-OH is 1. The number of hydrogen-bond donors (Lipinski definition) is 14. The first-order valence-electron chi connectivity index (χ1n) is 42.9. The molecule has 0 spiro atoms. The standard InChI is InChI=1S/C81H159N13O11S/c1-4-7-10-13-16-19-22-25-28-31-34-37-40-51-62-87-76(99)71(88-73(96)56-41-38-35-32-29-26-23-20-17-14-11-8-5-2)64-106(105)65-72(89-74(97)57-42-39-36-33-30-27-24-21-18-15-12-9-6-3)81(104)94-70(63-95)80(103)93-69(55-46-50-61-85)79(102)92-68(54-45-49-60-84)78(101)91-67(53-44-48-59-83)77(100)90-66(75(86)98)52-43-47-58-82/h66-72,95H,4-65,82-85H2,1-3H3,(H2,86,98)(H,87,99)(H,88,96)(H,89,97)(H,90,100)(H,91,101)(H,92,102)(H,93,103)(H,94,104)/t66-,67-,68-,69-,70-,71-,72-,106?/m0/s1. The molecule has 0 aromatic carbocycles. The SMILES string of the molecule is CCCCCCCCCCCCCCCCNC(=O)[C@H](CS(=O)C[C@H](NC(=O)CCCCCCCCCCCCCCC)C(=O)N[C@@H](CO)C(=O)N[C@@H](CCCCN)C(=O)N[C@@H](CCCCN)C(=O)N[C@@H](CCCCN)C(=O)N[C@@H](CCCCN)C(N)=O)NC(=O)CCCCCCCCCCCCCCC. The van der Waals surface area contributed by atoms with E-state index in [9.17, 15) is 52.5 Å². The van der Waals surface area contributed by atoms with Crippen molar-refractivity contribution >= 4 is 64.0 Å². The monoisotopic (exact) mass is 1520 g/mol. The van der Waals surface area contributed by atoms with Gasteiger partial charge in [0.2, 0.25) is 53.2 Å². The molecule has 0 aromatic rings. The largest absolute Gasteiger partial charge is 0.394 e. The molecule has 0 aromatic heterocycles. The average molecular weight is 1520 g/mol. The lowest BCUT2D eigenvalue weighted by Gasteiger charge is -2.27. The smallest absolute Gasteiger partial charge is 0.245 e. The normalized spacial score (nSPS) is 13.7. The van der Waals surface area contributed by atoms with Crippen LogP contribution in [0.5, 0.6) is 0 Å². The van der Waals surface area contributed by atoms with Crippen LogP contribution in [0.25, 0.3) is 0 Å². The van der Waals surface area contributed by atoms with E-state index in [0.717, 1.165) is 83.5 Å². The second-order valence-electron chi connectivity index (χ2n) is 29.9. The number of nitrogens with one attached hydrogen (secondary N) is 8. The highest BCUT2D eigenvalue weighted by molar-refractivity contribution is 7.85. The topological polar surface area (TPSA) is 417 Å². The molecule has 0 aliphatic heterocycles. The maximum Gasteiger partial charge on any atom is 0.245 e. The number of rotatable bonds is 78. The fourth-order valence-electron chi connectivity index (χ4n) is 13.2. The molecule has 19 N–H and O–H groups in total. The molecule has 0 heterocycles. The lowest BCUT2D eigenvalue weighted by Crippen LogP contribution is -2.60. The molecule has 24 nitrogen and oxygen atoms in total. The first kappa shape index (κ1) is 101. The van der Waals surface area contributed by atoms with Crippen LogP contribution < -0.4 is 71.2 Å². The maximum atomic E-state index is 14.6. The van der Waals surface area contributed by atoms with E-state index in [1.54, 1.807) is 0 Å². The number of amides is 9. The number of primary amides is 1. The zero-order valence-corrected chi connectivity index (χ0v) is 68.0. The van der Waals surface area contributed by atoms with Crippen LogP contribution in [0.1, 0.15) is 367 Å². The third-order valence-corrected chi connectivity index (χ3v) is 21.4. The summed E-state index contributed by atoms with van der Waals surface area (Å²) in [4.78, 5) is 125. The number of carbonyl (C=O) groups is 9. The van der Waals surface area contributed by atoms with Gasteiger partial charge in [-0.25, -0.2) is 0 Å². The molecule has 620 valence electrons. The fourth-order valence-corrected chi connectivity index (χ4v) is 14.6. The van der Waals surface area contributed by atoms with Crippen molar-refractivity contribution in [2.24, 2.45) is 28.7 Å². The first-order chi connectivity index (χ1) is 51.5. The minimum absolute atomic E-state index is 0.0156. The van der Waals surface area contributed by atoms with Crippen LogP contribution in [0.3, 0.4) is 0 Å². The minimum atomic E-state index is -2.05. The van der Waals surface area contributed by atoms with Crippen molar-refractivity contribution in [1.29, 1.82) is 0 Å². The molecule has 106 heavy (non-hydrogen) atoms. The molecule has 0 saturated carbocycles. The molecular weight excluding hydrogens is 1360 g/mol. The summed E-state index contributed by atoms with van der Waals surface area (Å²) in [6.07, 6.45) is 50.2. The Bertz CT molecular complexity index is 2260. The Morgan fingerprint density at radius 1 is 0.283 bits per heavy atom. The highest BCUT2D eigenvalue weighted by Gasteiger charge is 2.34. The maximum absolute atomic E-state index is 14.6. The Kier molecular flexibility index (Phi) is 69.7. The van der Waals surface area contributed by atoms with E-state index in [2.05, 4.69) is 63.3 Å². The minimum Gasteiger partial charge on any atom is -0.394 e.